The summed E-state index contributed by atoms with van der Waals surface area (Å²) in [5.41, 5.74) is 12.1. The molecule has 7 nitrogen and oxygen atoms in total. The lowest BCUT2D eigenvalue weighted by molar-refractivity contribution is 0.100. The van der Waals surface area contributed by atoms with Gasteiger partial charge in [0, 0.05) is 21.2 Å². The van der Waals surface area contributed by atoms with E-state index in [2.05, 4.69) is 4.99 Å². The van der Waals surface area contributed by atoms with E-state index in [0.29, 0.717) is 27.4 Å². The fourth-order valence-corrected chi connectivity index (χ4v) is 2.38. The van der Waals surface area contributed by atoms with Crippen molar-refractivity contribution in [3.8, 4) is 11.1 Å². The van der Waals surface area contributed by atoms with Gasteiger partial charge in [0.1, 0.15) is 0 Å². The fraction of sp³-hybridized carbons (Fsp3) is 0.0667. The molecular formula is C15H15Cl2N3O4S. The van der Waals surface area contributed by atoms with Gasteiger partial charge in [0.2, 0.25) is 0 Å². The average Bonchev–Trinajstić information content (AvgIpc) is 2.45. The Morgan fingerprint density at radius 3 is 2.04 bits per heavy atom. The zero-order valence-corrected chi connectivity index (χ0v) is 15.3. The third-order valence-corrected chi connectivity index (χ3v) is 3.22. The molecule has 0 spiro atoms. The Labute approximate surface area is 155 Å². The molecule has 2 aromatic rings. The van der Waals surface area contributed by atoms with Crippen LogP contribution in [-0.4, -0.2) is 31.1 Å². The molecule has 0 aliphatic rings. The van der Waals surface area contributed by atoms with E-state index < -0.39 is 16.0 Å². The van der Waals surface area contributed by atoms with Crippen molar-refractivity contribution in [3.05, 3.63) is 58.1 Å². The standard InChI is InChI=1S/C14H11Cl2N3O.CH4O3S/c15-10-5-2-6-11(16)12(10)8-3-1-4-9(7-8)13(20)19-14(17)18;1-5(2,3)4/h1-7H,(H4,17,18,19,20);1H3,(H,2,3,4). The molecule has 2 rings (SSSR count). The molecule has 10 heteroatoms. The Morgan fingerprint density at radius 2 is 1.56 bits per heavy atom. The van der Waals surface area contributed by atoms with E-state index in [-0.39, 0.29) is 5.96 Å². The maximum absolute atomic E-state index is 11.8. The van der Waals surface area contributed by atoms with E-state index in [4.69, 9.17) is 39.2 Å². The van der Waals surface area contributed by atoms with E-state index in [0.717, 1.165) is 5.56 Å². The number of hydrogen-bond donors (Lipinski definition) is 3. The number of halogens is 2. The first-order chi connectivity index (χ1) is 11.5. The highest BCUT2D eigenvalue weighted by molar-refractivity contribution is 7.85. The van der Waals surface area contributed by atoms with Gasteiger partial charge in [0.25, 0.3) is 16.0 Å². The van der Waals surface area contributed by atoms with Crippen LogP contribution in [0, 0.1) is 0 Å². The number of carbonyl (C=O) groups is 1. The lowest BCUT2D eigenvalue weighted by Crippen LogP contribution is -2.24. The molecule has 5 N–H and O–H groups in total. The van der Waals surface area contributed by atoms with Crippen LogP contribution in [0.4, 0.5) is 0 Å². The predicted octanol–water partition coefficient (Wildman–Crippen LogP) is 2.58. The van der Waals surface area contributed by atoms with Crippen molar-refractivity contribution in [2.45, 2.75) is 0 Å². The molecule has 0 radical (unpaired) electrons. The van der Waals surface area contributed by atoms with Crippen molar-refractivity contribution in [2.75, 3.05) is 6.26 Å². The van der Waals surface area contributed by atoms with Gasteiger partial charge in [0.05, 0.1) is 6.26 Å². The molecule has 0 aliphatic carbocycles. The minimum atomic E-state index is -3.67. The summed E-state index contributed by atoms with van der Waals surface area (Å²) in [6.07, 6.45) is 0.715. The SMILES string of the molecule is CS(=O)(=O)O.NC(N)=NC(=O)c1cccc(-c2c(Cl)cccc2Cl)c1. The molecule has 0 aliphatic heterocycles. The molecule has 0 aromatic heterocycles. The lowest BCUT2D eigenvalue weighted by atomic mass is 10.0. The van der Waals surface area contributed by atoms with Crippen molar-refractivity contribution in [3.63, 3.8) is 0 Å². The van der Waals surface area contributed by atoms with Gasteiger partial charge in [-0.2, -0.15) is 13.4 Å². The van der Waals surface area contributed by atoms with Gasteiger partial charge in [-0.15, -0.1) is 0 Å². The number of rotatable bonds is 2. The monoisotopic (exact) mass is 403 g/mol. The van der Waals surface area contributed by atoms with Crippen LogP contribution in [0.5, 0.6) is 0 Å². The molecule has 25 heavy (non-hydrogen) atoms. The molecule has 0 heterocycles. The Morgan fingerprint density at radius 1 is 1.08 bits per heavy atom. The number of amides is 1. The molecule has 134 valence electrons. The van der Waals surface area contributed by atoms with Crippen LogP contribution in [0.15, 0.2) is 47.5 Å². The van der Waals surface area contributed by atoms with E-state index in [1.165, 1.54) is 0 Å². The van der Waals surface area contributed by atoms with Crippen molar-refractivity contribution in [2.24, 2.45) is 16.5 Å². The summed E-state index contributed by atoms with van der Waals surface area (Å²) in [5, 5.41) is 1.01. The van der Waals surface area contributed by atoms with Crippen LogP contribution < -0.4 is 11.5 Å². The molecule has 0 fully saturated rings. The largest absolute Gasteiger partial charge is 0.370 e. The van der Waals surface area contributed by atoms with Crippen LogP contribution in [0.25, 0.3) is 11.1 Å². The number of nitrogens with two attached hydrogens (primary N) is 2. The highest BCUT2D eigenvalue weighted by Gasteiger charge is 2.11. The maximum atomic E-state index is 11.8. The summed E-state index contributed by atoms with van der Waals surface area (Å²) >= 11 is 12.3. The minimum absolute atomic E-state index is 0.281. The summed E-state index contributed by atoms with van der Waals surface area (Å²) in [6, 6.07) is 12.0. The van der Waals surface area contributed by atoms with E-state index in [1.54, 1.807) is 42.5 Å². The predicted molar refractivity (Wildman–Crippen MR) is 99.5 cm³/mol. The highest BCUT2D eigenvalue weighted by Crippen LogP contribution is 2.34. The minimum Gasteiger partial charge on any atom is -0.370 e. The van der Waals surface area contributed by atoms with Crippen molar-refractivity contribution in [1.82, 2.24) is 0 Å². The summed E-state index contributed by atoms with van der Waals surface area (Å²) < 4.78 is 25.9. The molecule has 0 saturated heterocycles. The van der Waals surface area contributed by atoms with E-state index in [1.807, 2.05) is 0 Å². The second-order valence-corrected chi connectivity index (χ2v) is 7.03. The Bertz CT molecular complexity index is 882. The molecule has 0 atom stereocenters. The first-order valence-corrected chi connectivity index (χ1v) is 9.20. The van der Waals surface area contributed by atoms with Crippen LogP contribution in [0.3, 0.4) is 0 Å². The Kier molecular flexibility index (Phi) is 7.38. The average molecular weight is 404 g/mol. The summed E-state index contributed by atoms with van der Waals surface area (Å²) in [5.74, 6) is -0.800. The van der Waals surface area contributed by atoms with E-state index >= 15 is 0 Å². The zero-order valence-electron chi connectivity index (χ0n) is 13.0. The van der Waals surface area contributed by atoms with Gasteiger partial charge in [-0.05, 0) is 29.8 Å². The number of guanidine groups is 1. The third-order valence-electron chi connectivity index (χ3n) is 2.59. The lowest BCUT2D eigenvalue weighted by Gasteiger charge is -2.08. The number of hydrogen-bond acceptors (Lipinski definition) is 3. The van der Waals surface area contributed by atoms with E-state index in [9.17, 15) is 13.2 Å². The second kappa shape index (κ2) is 8.82. The number of aliphatic imine (C=N–C) groups is 1. The van der Waals surface area contributed by atoms with Gasteiger partial charge in [-0.1, -0.05) is 41.4 Å². The van der Waals surface area contributed by atoms with Crippen LogP contribution >= 0.6 is 23.2 Å². The Hall–Kier alpha value is -2.13. The van der Waals surface area contributed by atoms with Gasteiger partial charge in [0.15, 0.2) is 5.96 Å². The van der Waals surface area contributed by atoms with Crippen molar-refractivity contribution in [1.29, 1.82) is 0 Å². The molecule has 2 aromatic carbocycles. The third kappa shape index (κ3) is 7.53. The summed E-state index contributed by atoms with van der Waals surface area (Å²) in [6.45, 7) is 0. The van der Waals surface area contributed by atoms with Gasteiger partial charge in [-0.3, -0.25) is 9.35 Å². The molecule has 1 amide bonds. The molecule has 0 unspecified atom stereocenters. The normalized spacial score (nSPS) is 10.4. The van der Waals surface area contributed by atoms with Crippen molar-refractivity contribution >= 4 is 45.2 Å². The van der Waals surface area contributed by atoms with Gasteiger partial charge >= 0.3 is 0 Å². The van der Waals surface area contributed by atoms with Crippen LogP contribution in [-0.2, 0) is 10.1 Å². The zero-order chi connectivity index (χ0) is 19.2. The van der Waals surface area contributed by atoms with Gasteiger partial charge in [-0.25, -0.2) is 0 Å². The van der Waals surface area contributed by atoms with Crippen LogP contribution in [0.1, 0.15) is 10.4 Å². The smallest absolute Gasteiger partial charge is 0.280 e. The highest BCUT2D eigenvalue weighted by atomic mass is 35.5. The maximum Gasteiger partial charge on any atom is 0.280 e. The first kappa shape index (κ1) is 20.9. The molecular weight excluding hydrogens is 389 g/mol. The first-order valence-electron chi connectivity index (χ1n) is 6.60. The fourth-order valence-electron chi connectivity index (χ4n) is 1.76. The molecule has 0 saturated carbocycles. The molecule has 0 bridgehead atoms. The van der Waals surface area contributed by atoms with Crippen LogP contribution in [0.2, 0.25) is 10.0 Å². The topological polar surface area (TPSA) is 136 Å². The Balaban J connectivity index is 0.000000550. The number of nitrogens with zero attached hydrogens (tertiary/aromatic N) is 1. The summed E-state index contributed by atoms with van der Waals surface area (Å²) in [7, 11) is -3.67. The van der Waals surface area contributed by atoms with Crippen molar-refractivity contribution < 1.29 is 17.8 Å². The quantitative estimate of drug-likeness (QED) is 0.400. The number of benzene rings is 2. The van der Waals surface area contributed by atoms with Gasteiger partial charge < -0.3 is 11.5 Å². The summed E-state index contributed by atoms with van der Waals surface area (Å²) in [4.78, 5) is 15.3. The second-order valence-electron chi connectivity index (χ2n) is 4.75. The number of carbonyl (C=O) groups excluding carboxylic acids is 1.